The summed E-state index contributed by atoms with van der Waals surface area (Å²) in [5, 5.41) is 0.846. The van der Waals surface area contributed by atoms with E-state index in [0.29, 0.717) is 17.6 Å². The maximum Gasteiger partial charge on any atom is 0.161 e. The van der Waals surface area contributed by atoms with Crippen LogP contribution in [0.15, 0.2) is 36.4 Å². The van der Waals surface area contributed by atoms with Crippen molar-refractivity contribution in [1.82, 2.24) is 9.97 Å². The molecule has 1 aromatic heterocycles. The Morgan fingerprint density at radius 2 is 1.90 bits per heavy atom. The van der Waals surface area contributed by atoms with Gasteiger partial charge in [0.05, 0.1) is 5.52 Å². The molecule has 0 atom stereocenters. The minimum Gasteiger partial charge on any atom is -0.228 e. The van der Waals surface area contributed by atoms with Gasteiger partial charge in [-0.2, -0.15) is 0 Å². The lowest BCUT2D eigenvalue weighted by molar-refractivity contribution is 0.627. The van der Waals surface area contributed by atoms with Gasteiger partial charge in [-0.1, -0.05) is 42.8 Å². The minimum atomic E-state index is -0.312. The first kappa shape index (κ1) is 14.0. The molecule has 106 valence electrons. The molecule has 0 saturated carbocycles. The van der Waals surface area contributed by atoms with Crippen molar-refractivity contribution in [3.05, 3.63) is 58.5 Å². The maximum absolute atomic E-state index is 13.6. The molecule has 0 bridgehead atoms. The predicted octanol–water partition coefficient (Wildman–Crippen LogP) is 4.96. The predicted molar refractivity (Wildman–Crippen MR) is 84.1 cm³/mol. The van der Waals surface area contributed by atoms with E-state index in [1.54, 1.807) is 0 Å². The zero-order chi connectivity index (χ0) is 15.0. The number of halogens is 2. The number of hydrogen-bond donors (Lipinski definition) is 0. The van der Waals surface area contributed by atoms with Gasteiger partial charge in [-0.15, -0.1) is 0 Å². The number of benzene rings is 2. The largest absolute Gasteiger partial charge is 0.228 e. The van der Waals surface area contributed by atoms with Crippen LogP contribution in [0.2, 0.25) is 5.15 Å². The van der Waals surface area contributed by atoms with Crippen LogP contribution in [0.1, 0.15) is 18.1 Å². The molecular formula is C17H14ClFN2. The summed E-state index contributed by atoms with van der Waals surface area (Å²) in [7, 11) is 0. The molecule has 4 heteroatoms. The van der Waals surface area contributed by atoms with Crippen LogP contribution in [0.25, 0.3) is 22.3 Å². The highest BCUT2D eigenvalue weighted by Gasteiger charge is 2.13. The fourth-order valence-electron chi connectivity index (χ4n) is 2.44. The zero-order valence-electron chi connectivity index (χ0n) is 11.8. The van der Waals surface area contributed by atoms with Gasteiger partial charge in [-0.05, 0) is 36.6 Å². The highest BCUT2D eigenvalue weighted by Crippen LogP contribution is 2.29. The Morgan fingerprint density at radius 1 is 1.14 bits per heavy atom. The molecule has 0 amide bonds. The standard InChI is InChI=1S/C17H14ClFN2/c1-3-11-8-12(19)9-14-15(11)20-17(21-16(14)18)13-7-5-4-6-10(13)2/h4-9H,3H2,1-2H3. The second kappa shape index (κ2) is 5.41. The van der Waals surface area contributed by atoms with E-state index in [-0.39, 0.29) is 11.0 Å². The van der Waals surface area contributed by atoms with Gasteiger partial charge in [0.1, 0.15) is 11.0 Å². The monoisotopic (exact) mass is 300 g/mol. The lowest BCUT2D eigenvalue weighted by Gasteiger charge is -2.10. The Balaban J connectivity index is 2.33. The van der Waals surface area contributed by atoms with Crippen molar-refractivity contribution in [3.8, 4) is 11.4 Å². The van der Waals surface area contributed by atoms with Crippen LogP contribution in [0, 0.1) is 12.7 Å². The molecule has 3 aromatic rings. The molecule has 0 fully saturated rings. The molecule has 3 rings (SSSR count). The van der Waals surface area contributed by atoms with Crippen molar-refractivity contribution >= 4 is 22.5 Å². The first-order valence-corrected chi connectivity index (χ1v) is 7.19. The molecule has 0 N–H and O–H groups in total. The first-order chi connectivity index (χ1) is 10.1. The van der Waals surface area contributed by atoms with Gasteiger partial charge in [-0.25, -0.2) is 14.4 Å². The number of nitrogens with zero attached hydrogens (tertiary/aromatic N) is 2. The number of fused-ring (bicyclic) bond motifs is 1. The number of hydrogen-bond acceptors (Lipinski definition) is 2. The van der Waals surface area contributed by atoms with Gasteiger partial charge < -0.3 is 0 Å². The maximum atomic E-state index is 13.6. The van der Waals surface area contributed by atoms with Crippen LogP contribution in [0.4, 0.5) is 4.39 Å². The molecule has 0 aliphatic heterocycles. The summed E-state index contributed by atoms with van der Waals surface area (Å²) in [5.41, 5.74) is 3.57. The smallest absolute Gasteiger partial charge is 0.161 e. The molecule has 21 heavy (non-hydrogen) atoms. The van der Waals surface area contributed by atoms with Crippen molar-refractivity contribution in [2.24, 2.45) is 0 Å². The van der Waals surface area contributed by atoms with E-state index in [1.165, 1.54) is 12.1 Å². The van der Waals surface area contributed by atoms with Crippen molar-refractivity contribution in [2.75, 3.05) is 0 Å². The molecule has 0 radical (unpaired) electrons. The van der Waals surface area contributed by atoms with Crippen LogP contribution < -0.4 is 0 Å². The van der Waals surface area contributed by atoms with E-state index < -0.39 is 0 Å². The number of aromatic nitrogens is 2. The lowest BCUT2D eigenvalue weighted by atomic mass is 10.1. The van der Waals surface area contributed by atoms with E-state index in [4.69, 9.17) is 11.6 Å². The van der Waals surface area contributed by atoms with Crippen molar-refractivity contribution in [1.29, 1.82) is 0 Å². The fraction of sp³-hybridized carbons (Fsp3) is 0.176. The molecular weight excluding hydrogens is 287 g/mol. The Hall–Kier alpha value is -2.00. The average molecular weight is 301 g/mol. The number of aryl methyl sites for hydroxylation is 2. The van der Waals surface area contributed by atoms with Crippen LogP contribution in [0.5, 0.6) is 0 Å². The van der Waals surface area contributed by atoms with Gasteiger partial charge in [0.15, 0.2) is 5.82 Å². The second-order valence-electron chi connectivity index (χ2n) is 4.97. The van der Waals surface area contributed by atoms with E-state index in [1.807, 2.05) is 38.1 Å². The van der Waals surface area contributed by atoms with E-state index in [0.717, 1.165) is 22.2 Å². The number of rotatable bonds is 2. The summed E-state index contributed by atoms with van der Waals surface area (Å²) in [5.74, 6) is 0.264. The third-order valence-corrected chi connectivity index (χ3v) is 3.85. The van der Waals surface area contributed by atoms with Gasteiger partial charge in [0.25, 0.3) is 0 Å². The zero-order valence-corrected chi connectivity index (χ0v) is 12.6. The molecule has 0 aliphatic rings. The summed E-state index contributed by atoms with van der Waals surface area (Å²) < 4.78 is 13.6. The van der Waals surface area contributed by atoms with Crippen LogP contribution in [0.3, 0.4) is 0 Å². The topological polar surface area (TPSA) is 25.8 Å². The van der Waals surface area contributed by atoms with Gasteiger partial charge in [0, 0.05) is 10.9 Å². The van der Waals surface area contributed by atoms with E-state index in [9.17, 15) is 4.39 Å². The average Bonchev–Trinajstić information content (AvgIpc) is 2.47. The molecule has 0 spiro atoms. The normalized spacial score (nSPS) is 11.0. The van der Waals surface area contributed by atoms with E-state index in [2.05, 4.69) is 9.97 Å². The van der Waals surface area contributed by atoms with Crippen molar-refractivity contribution in [2.45, 2.75) is 20.3 Å². The molecule has 0 saturated heterocycles. The van der Waals surface area contributed by atoms with Crippen LogP contribution >= 0.6 is 11.6 Å². The third-order valence-electron chi connectivity index (χ3n) is 3.56. The molecule has 2 nitrogen and oxygen atoms in total. The van der Waals surface area contributed by atoms with Gasteiger partial charge in [0.2, 0.25) is 0 Å². The summed E-state index contributed by atoms with van der Waals surface area (Å²) >= 11 is 6.25. The third kappa shape index (κ3) is 2.49. The molecule has 1 heterocycles. The Labute approximate surface area is 127 Å². The quantitative estimate of drug-likeness (QED) is 0.625. The van der Waals surface area contributed by atoms with Crippen LogP contribution in [-0.4, -0.2) is 9.97 Å². The summed E-state index contributed by atoms with van der Waals surface area (Å²) in [6.07, 6.45) is 0.689. The summed E-state index contributed by atoms with van der Waals surface area (Å²) in [4.78, 5) is 8.95. The minimum absolute atomic E-state index is 0.285. The molecule has 0 aliphatic carbocycles. The van der Waals surface area contributed by atoms with Crippen molar-refractivity contribution < 1.29 is 4.39 Å². The Kier molecular flexibility index (Phi) is 3.60. The summed E-state index contributed by atoms with van der Waals surface area (Å²) in [6.45, 7) is 3.97. The van der Waals surface area contributed by atoms with Gasteiger partial charge >= 0.3 is 0 Å². The fourth-order valence-corrected chi connectivity index (χ4v) is 2.67. The van der Waals surface area contributed by atoms with Crippen molar-refractivity contribution in [3.63, 3.8) is 0 Å². The Bertz CT molecular complexity index is 830. The molecule has 2 aromatic carbocycles. The lowest BCUT2D eigenvalue weighted by Crippen LogP contribution is -1.97. The Morgan fingerprint density at radius 3 is 2.62 bits per heavy atom. The highest BCUT2D eigenvalue weighted by atomic mass is 35.5. The van der Waals surface area contributed by atoms with Crippen LogP contribution in [-0.2, 0) is 6.42 Å². The summed E-state index contributed by atoms with van der Waals surface area (Å²) in [6, 6.07) is 10.8. The SMILES string of the molecule is CCc1cc(F)cc2c(Cl)nc(-c3ccccc3C)nc12. The second-order valence-corrected chi connectivity index (χ2v) is 5.33. The molecule has 0 unspecified atom stereocenters. The van der Waals surface area contributed by atoms with Gasteiger partial charge in [-0.3, -0.25) is 0 Å². The highest BCUT2D eigenvalue weighted by molar-refractivity contribution is 6.34. The van der Waals surface area contributed by atoms with E-state index >= 15 is 0 Å². The first-order valence-electron chi connectivity index (χ1n) is 6.82.